The first-order valence-electron chi connectivity index (χ1n) is 8.87. The van der Waals surface area contributed by atoms with Crippen molar-refractivity contribution in [3.8, 4) is 5.75 Å². The fourth-order valence-electron chi connectivity index (χ4n) is 2.82. The molecule has 0 bridgehead atoms. The first-order chi connectivity index (χ1) is 13.2. The molecular formula is C23H23NO3. The Labute approximate surface area is 160 Å². The second-order valence-electron chi connectivity index (χ2n) is 6.19. The minimum absolute atomic E-state index is 0.0999. The molecule has 27 heavy (non-hydrogen) atoms. The first kappa shape index (κ1) is 18.5. The Morgan fingerprint density at radius 2 is 1.41 bits per heavy atom. The van der Waals surface area contributed by atoms with Gasteiger partial charge in [0.2, 0.25) is 0 Å². The maximum Gasteiger partial charge on any atom is 0.343 e. The average Bonchev–Trinajstić information content (AvgIpc) is 2.73. The monoisotopic (exact) mass is 361 g/mol. The number of hydrogen-bond acceptors (Lipinski definition) is 4. The lowest BCUT2D eigenvalue weighted by atomic mass is 10.1. The van der Waals surface area contributed by atoms with Gasteiger partial charge in [-0.25, -0.2) is 4.79 Å². The smallest absolute Gasteiger partial charge is 0.343 e. The van der Waals surface area contributed by atoms with Crippen molar-refractivity contribution >= 4 is 11.7 Å². The number of hydrogen-bond donors (Lipinski definition) is 0. The maximum absolute atomic E-state index is 11.3. The highest BCUT2D eigenvalue weighted by atomic mass is 16.6. The van der Waals surface area contributed by atoms with Crippen molar-refractivity contribution in [1.29, 1.82) is 0 Å². The van der Waals surface area contributed by atoms with E-state index in [1.165, 1.54) is 18.2 Å². The molecule has 4 heteroatoms. The number of carbonyl (C=O) groups excluding carboxylic acids is 1. The molecule has 0 aliphatic carbocycles. The van der Waals surface area contributed by atoms with Crippen LogP contribution in [0.2, 0.25) is 0 Å². The number of rotatable bonds is 8. The second kappa shape index (κ2) is 9.43. The van der Waals surface area contributed by atoms with Crippen LogP contribution in [0, 0.1) is 0 Å². The number of carbonyl (C=O) groups is 1. The van der Waals surface area contributed by atoms with Gasteiger partial charge in [-0.05, 0) is 23.3 Å². The summed E-state index contributed by atoms with van der Waals surface area (Å²) in [5.41, 5.74) is 3.49. The lowest BCUT2D eigenvalue weighted by Crippen LogP contribution is -2.22. The Hall–Kier alpha value is -3.27. The van der Waals surface area contributed by atoms with Gasteiger partial charge in [-0.15, -0.1) is 0 Å². The van der Waals surface area contributed by atoms with Crippen molar-refractivity contribution in [2.45, 2.75) is 13.1 Å². The van der Waals surface area contributed by atoms with E-state index >= 15 is 0 Å². The van der Waals surface area contributed by atoms with E-state index in [0.717, 1.165) is 18.8 Å². The quantitative estimate of drug-likeness (QED) is 0.556. The van der Waals surface area contributed by atoms with Crippen LogP contribution in [-0.4, -0.2) is 19.7 Å². The predicted octanol–water partition coefficient (Wildman–Crippen LogP) is 4.45. The third-order valence-corrected chi connectivity index (χ3v) is 4.20. The standard InChI is InChI=1S/C23H23NO3/c1-26-23(25)18-27-22-14-8-13-21(15-22)24(16-19-9-4-2-5-10-19)17-20-11-6-3-7-12-20/h2-15H,16-18H2,1H3. The van der Waals surface area contributed by atoms with E-state index in [-0.39, 0.29) is 6.61 Å². The molecule has 0 unspecified atom stereocenters. The van der Waals surface area contributed by atoms with Gasteiger partial charge in [0.15, 0.2) is 6.61 Å². The minimum atomic E-state index is -0.397. The highest BCUT2D eigenvalue weighted by Crippen LogP contribution is 2.25. The Balaban J connectivity index is 1.82. The lowest BCUT2D eigenvalue weighted by molar-refractivity contribution is -0.142. The fourth-order valence-corrected chi connectivity index (χ4v) is 2.82. The van der Waals surface area contributed by atoms with Gasteiger partial charge < -0.3 is 14.4 Å². The molecule has 0 fully saturated rings. The third-order valence-electron chi connectivity index (χ3n) is 4.20. The zero-order valence-corrected chi connectivity index (χ0v) is 15.4. The summed E-state index contributed by atoms with van der Waals surface area (Å²) in [6, 6.07) is 28.5. The second-order valence-corrected chi connectivity index (χ2v) is 6.19. The van der Waals surface area contributed by atoms with E-state index in [1.807, 2.05) is 54.6 Å². The molecule has 3 rings (SSSR count). The van der Waals surface area contributed by atoms with E-state index in [1.54, 1.807) is 0 Å². The highest BCUT2D eigenvalue weighted by Gasteiger charge is 2.10. The number of methoxy groups -OCH3 is 1. The summed E-state index contributed by atoms with van der Waals surface area (Å²) in [5, 5.41) is 0. The Morgan fingerprint density at radius 3 is 1.96 bits per heavy atom. The zero-order chi connectivity index (χ0) is 18.9. The molecular weight excluding hydrogens is 338 g/mol. The molecule has 0 saturated carbocycles. The van der Waals surface area contributed by atoms with Crippen LogP contribution in [0.3, 0.4) is 0 Å². The van der Waals surface area contributed by atoms with Gasteiger partial charge in [-0.3, -0.25) is 0 Å². The number of nitrogens with zero attached hydrogens (tertiary/aromatic N) is 1. The molecule has 0 saturated heterocycles. The molecule has 0 amide bonds. The van der Waals surface area contributed by atoms with Crippen molar-refractivity contribution in [2.75, 3.05) is 18.6 Å². The van der Waals surface area contributed by atoms with Gasteiger partial charge in [-0.2, -0.15) is 0 Å². The van der Waals surface area contributed by atoms with Crippen molar-refractivity contribution in [3.05, 3.63) is 96.1 Å². The number of ether oxygens (including phenoxy) is 2. The van der Waals surface area contributed by atoms with Crippen LogP contribution in [0.5, 0.6) is 5.75 Å². The van der Waals surface area contributed by atoms with E-state index in [4.69, 9.17) is 4.74 Å². The van der Waals surface area contributed by atoms with Crippen molar-refractivity contribution in [2.24, 2.45) is 0 Å². The molecule has 0 aliphatic rings. The average molecular weight is 361 g/mol. The van der Waals surface area contributed by atoms with Crippen LogP contribution in [0.25, 0.3) is 0 Å². The fraction of sp³-hybridized carbons (Fsp3) is 0.174. The molecule has 0 aromatic heterocycles. The SMILES string of the molecule is COC(=O)COc1cccc(N(Cc2ccccc2)Cc2ccccc2)c1. The van der Waals surface area contributed by atoms with E-state index < -0.39 is 5.97 Å². The topological polar surface area (TPSA) is 38.8 Å². The van der Waals surface area contributed by atoms with E-state index in [2.05, 4.69) is 40.0 Å². The van der Waals surface area contributed by atoms with Crippen LogP contribution in [0.1, 0.15) is 11.1 Å². The molecule has 138 valence electrons. The summed E-state index contributed by atoms with van der Waals surface area (Å²) in [4.78, 5) is 13.6. The van der Waals surface area contributed by atoms with Crippen molar-refractivity contribution in [1.82, 2.24) is 0 Å². The first-order valence-corrected chi connectivity index (χ1v) is 8.87. The minimum Gasteiger partial charge on any atom is -0.482 e. The van der Waals surface area contributed by atoms with E-state index in [0.29, 0.717) is 5.75 Å². The van der Waals surface area contributed by atoms with E-state index in [9.17, 15) is 4.79 Å². The van der Waals surface area contributed by atoms with Gasteiger partial charge in [-0.1, -0.05) is 66.7 Å². The Bertz CT molecular complexity index is 808. The normalized spacial score (nSPS) is 10.3. The molecule has 0 atom stereocenters. The zero-order valence-electron chi connectivity index (χ0n) is 15.4. The van der Waals surface area contributed by atoms with Crippen LogP contribution < -0.4 is 9.64 Å². The van der Waals surface area contributed by atoms with Crippen molar-refractivity contribution in [3.63, 3.8) is 0 Å². The Morgan fingerprint density at radius 1 is 0.815 bits per heavy atom. The largest absolute Gasteiger partial charge is 0.482 e. The summed E-state index contributed by atoms with van der Waals surface area (Å²) in [6.07, 6.45) is 0. The van der Waals surface area contributed by atoms with Gasteiger partial charge in [0.05, 0.1) is 7.11 Å². The number of benzene rings is 3. The summed E-state index contributed by atoms with van der Waals surface area (Å²) in [7, 11) is 1.35. The van der Waals surface area contributed by atoms with Gasteiger partial charge in [0.25, 0.3) is 0 Å². The Kier molecular flexibility index (Phi) is 6.47. The molecule has 4 nitrogen and oxygen atoms in total. The lowest BCUT2D eigenvalue weighted by Gasteiger charge is -2.26. The summed E-state index contributed by atoms with van der Waals surface area (Å²) >= 11 is 0. The van der Waals surface area contributed by atoms with Crippen LogP contribution >= 0.6 is 0 Å². The van der Waals surface area contributed by atoms with Crippen molar-refractivity contribution < 1.29 is 14.3 Å². The molecule has 0 radical (unpaired) electrons. The predicted molar refractivity (Wildman–Crippen MR) is 107 cm³/mol. The number of esters is 1. The maximum atomic E-state index is 11.3. The summed E-state index contributed by atoms with van der Waals surface area (Å²) in [5.74, 6) is 0.245. The van der Waals surface area contributed by atoms with Crippen LogP contribution in [-0.2, 0) is 22.6 Å². The van der Waals surface area contributed by atoms with Gasteiger partial charge in [0.1, 0.15) is 5.75 Å². The highest BCUT2D eigenvalue weighted by molar-refractivity contribution is 5.71. The molecule has 0 spiro atoms. The molecule has 0 aliphatic heterocycles. The molecule has 3 aromatic rings. The van der Waals surface area contributed by atoms with Crippen LogP contribution in [0.4, 0.5) is 5.69 Å². The van der Waals surface area contributed by atoms with Gasteiger partial charge in [0, 0.05) is 24.8 Å². The van der Waals surface area contributed by atoms with Gasteiger partial charge >= 0.3 is 5.97 Å². The summed E-state index contributed by atoms with van der Waals surface area (Å²) < 4.78 is 10.2. The third kappa shape index (κ3) is 5.61. The summed E-state index contributed by atoms with van der Waals surface area (Å²) in [6.45, 7) is 1.45. The van der Waals surface area contributed by atoms with Crippen LogP contribution in [0.15, 0.2) is 84.9 Å². The molecule has 0 N–H and O–H groups in total. The number of anilines is 1. The molecule has 3 aromatic carbocycles. The molecule has 0 heterocycles.